The maximum atomic E-state index is 11.7. The molecular formula is C16H24O4. The Labute approximate surface area is 119 Å². The largest absolute Gasteiger partial charge is 0.481 e. The molecule has 20 heavy (non-hydrogen) atoms. The van der Waals surface area contributed by atoms with Gasteiger partial charge in [-0.1, -0.05) is 33.1 Å². The van der Waals surface area contributed by atoms with Crippen LogP contribution in [0.5, 0.6) is 0 Å². The van der Waals surface area contributed by atoms with Gasteiger partial charge in [0.05, 0.1) is 5.92 Å². The SMILES string of the molecule is CC1(CC2(C)CC34OC3(CC2C(=O)O)O4)CCCCC1. The van der Waals surface area contributed by atoms with Crippen molar-refractivity contribution in [3.63, 3.8) is 0 Å². The molecule has 0 aromatic carbocycles. The summed E-state index contributed by atoms with van der Waals surface area (Å²) in [6.45, 7) is 4.49. The van der Waals surface area contributed by atoms with Gasteiger partial charge in [0, 0.05) is 12.8 Å². The molecule has 112 valence electrons. The number of carboxylic acid groups (broad SMARTS) is 1. The Balaban J connectivity index is 1.58. The van der Waals surface area contributed by atoms with Crippen molar-refractivity contribution in [1.29, 1.82) is 0 Å². The Morgan fingerprint density at radius 3 is 2.40 bits per heavy atom. The predicted octanol–water partition coefficient (Wildman–Crippen LogP) is 3.30. The first-order valence-electron chi connectivity index (χ1n) is 7.95. The van der Waals surface area contributed by atoms with Gasteiger partial charge >= 0.3 is 5.97 Å². The molecule has 4 aliphatic rings. The molecule has 0 bridgehead atoms. The quantitative estimate of drug-likeness (QED) is 0.806. The summed E-state index contributed by atoms with van der Waals surface area (Å²) >= 11 is 0. The minimum Gasteiger partial charge on any atom is -0.481 e. The summed E-state index contributed by atoms with van der Waals surface area (Å²) in [5.74, 6) is -1.90. The number of carboxylic acids is 1. The van der Waals surface area contributed by atoms with E-state index in [0.717, 1.165) is 12.8 Å². The summed E-state index contributed by atoms with van der Waals surface area (Å²) in [6, 6.07) is 0. The average molecular weight is 280 g/mol. The summed E-state index contributed by atoms with van der Waals surface area (Å²) in [4.78, 5) is 11.7. The van der Waals surface area contributed by atoms with Crippen LogP contribution in [0.15, 0.2) is 0 Å². The highest BCUT2D eigenvalue weighted by atomic mass is 17.0. The minimum atomic E-state index is -0.680. The number of epoxide rings is 2. The molecule has 0 radical (unpaired) electrons. The number of carbonyl (C=O) groups is 1. The second-order valence-corrected chi connectivity index (χ2v) is 8.18. The monoisotopic (exact) mass is 280 g/mol. The molecule has 4 fully saturated rings. The van der Waals surface area contributed by atoms with Crippen LogP contribution in [0.1, 0.15) is 65.2 Å². The maximum absolute atomic E-state index is 11.7. The molecule has 4 heteroatoms. The molecule has 4 rings (SSSR count). The molecule has 4 nitrogen and oxygen atoms in total. The smallest absolute Gasteiger partial charge is 0.307 e. The highest BCUT2D eigenvalue weighted by Gasteiger charge is 2.94. The van der Waals surface area contributed by atoms with Gasteiger partial charge in [0.25, 0.3) is 0 Å². The number of rotatable bonds is 3. The third-order valence-corrected chi connectivity index (χ3v) is 6.30. The van der Waals surface area contributed by atoms with Crippen LogP contribution in [-0.4, -0.2) is 22.7 Å². The van der Waals surface area contributed by atoms with Crippen molar-refractivity contribution in [3.8, 4) is 0 Å². The lowest BCUT2D eigenvalue weighted by molar-refractivity contribution is -0.149. The Hall–Kier alpha value is -0.610. The molecule has 2 saturated heterocycles. The molecule has 0 spiro atoms. The highest BCUT2D eigenvalue weighted by Crippen LogP contribution is 2.78. The van der Waals surface area contributed by atoms with Gasteiger partial charge in [-0.15, -0.1) is 0 Å². The zero-order valence-corrected chi connectivity index (χ0v) is 12.4. The summed E-state index contributed by atoms with van der Waals surface area (Å²) < 4.78 is 11.3. The van der Waals surface area contributed by atoms with Gasteiger partial charge in [0.2, 0.25) is 11.6 Å². The zero-order chi connectivity index (χ0) is 14.2. The minimum absolute atomic E-state index is 0.200. The zero-order valence-electron chi connectivity index (χ0n) is 12.4. The van der Waals surface area contributed by atoms with Crippen LogP contribution >= 0.6 is 0 Å². The third kappa shape index (κ3) is 1.64. The average Bonchev–Trinajstić information content (AvgIpc) is 3.12. The molecule has 2 aliphatic heterocycles. The Kier molecular flexibility index (Phi) is 2.34. The molecule has 0 aromatic rings. The standard InChI is InChI=1S/C16H24O4/c1-13(6-4-3-5-7-13)9-14(2)10-16-15(19-16,20-16)8-11(14)12(17)18/h11H,3-10H2,1-2H3,(H,17,18). The van der Waals surface area contributed by atoms with E-state index in [1.165, 1.54) is 32.1 Å². The van der Waals surface area contributed by atoms with Gasteiger partial charge in [0.15, 0.2) is 0 Å². The van der Waals surface area contributed by atoms with Crippen molar-refractivity contribution in [1.82, 2.24) is 0 Å². The summed E-state index contributed by atoms with van der Waals surface area (Å²) in [5.41, 5.74) is 0.0928. The molecule has 2 aliphatic carbocycles. The maximum Gasteiger partial charge on any atom is 0.307 e. The summed E-state index contributed by atoms with van der Waals surface area (Å²) in [6.07, 6.45) is 8.64. The van der Waals surface area contributed by atoms with Gasteiger partial charge in [-0.05, 0) is 30.1 Å². The lowest BCUT2D eigenvalue weighted by Crippen LogP contribution is -2.43. The summed E-state index contributed by atoms with van der Waals surface area (Å²) in [5, 5.41) is 9.64. The molecule has 2 heterocycles. The number of aliphatic carboxylic acids is 1. The van der Waals surface area contributed by atoms with E-state index in [9.17, 15) is 9.90 Å². The Morgan fingerprint density at radius 2 is 1.80 bits per heavy atom. The van der Waals surface area contributed by atoms with Gasteiger partial charge in [0.1, 0.15) is 0 Å². The van der Waals surface area contributed by atoms with Crippen LogP contribution in [0.2, 0.25) is 0 Å². The van der Waals surface area contributed by atoms with Crippen LogP contribution in [0.25, 0.3) is 0 Å². The van der Waals surface area contributed by atoms with E-state index in [1.54, 1.807) is 0 Å². The van der Waals surface area contributed by atoms with E-state index in [2.05, 4.69) is 13.8 Å². The van der Waals surface area contributed by atoms with Crippen molar-refractivity contribution >= 4 is 5.97 Å². The fourth-order valence-corrected chi connectivity index (χ4v) is 5.23. The Morgan fingerprint density at radius 1 is 1.15 bits per heavy atom. The first-order valence-corrected chi connectivity index (χ1v) is 7.95. The van der Waals surface area contributed by atoms with E-state index in [0.29, 0.717) is 11.8 Å². The van der Waals surface area contributed by atoms with Crippen molar-refractivity contribution in [2.45, 2.75) is 76.8 Å². The fourth-order valence-electron chi connectivity index (χ4n) is 5.23. The van der Waals surface area contributed by atoms with Crippen molar-refractivity contribution in [2.24, 2.45) is 16.7 Å². The third-order valence-electron chi connectivity index (χ3n) is 6.30. The first-order chi connectivity index (χ1) is 9.32. The van der Waals surface area contributed by atoms with Gasteiger partial charge < -0.3 is 14.6 Å². The van der Waals surface area contributed by atoms with Crippen molar-refractivity contribution < 1.29 is 19.4 Å². The summed E-state index contributed by atoms with van der Waals surface area (Å²) in [7, 11) is 0. The van der Waals surface area contributed by atoms with Gasteiger partial charge in [-0.2, -0.15) is 0 Å². The molecular weight excluding hydrogens is 256 g/mol. The first kappa shape index (κ1) is 13.1. The van der Waals surface area contributed by atoms with Crippen LogP contribution in [0, 0.1) is 16.7 Å². The molecule has 2 unspecified atom stereocenters. The number of ether oxygens (including phenoxy) is 2. The van der Waals surface area contributed by atoms with E-state index in [4.69, 9.17) is 9.47 Å². The van der Waals surface area contributed by atoms with E-state index in [-0.39, 0.29) is 11.3 Å². The highest BCUT2D eigenvalue weighted by molar-refractivity contribution is 5.72. The second kappa shape index (κ2) is 3.58. The van der Waals surface area contributed by atoms with Crippen LogP contribution in [0.4, 0.5) is 0 Å². The van der Waals surface area contributed by atoms with Crippen molar-refractivity contribution in [3.05, 3.63) is 0 Å². The van der Waals surface area contributed by atoms with E-state index < -0.39 is 17.5 Å². The molecule has 0 aromatic heterocycles. The lowest BCUT2D eigenvalue weighted by atomic mass is 9.58. The normalized spacial score (nSPS) is 51.8. The second-order valence-electron chi connectivity index (χ2n) is 8.18. The van der Waals surface area contributed by atoms with Crippen LogP contribution < -0.4 is 0 Å². The topological polar surface area (TPSA) is 62.4 Å². The number of hydrogen-bond acceptors (Lipinski definition) is 3. The van der Waals surface area contributed by atoms with Crippen molar-refractivity contribution in [2.75, 3.05) is 0 Å². The van der Waals surface area contributed by atoms with Gasteiger partial charge in [-0.25, -0.2) is 0 Å². The molecule has 2 saturated carbocycles. The van der Waals surface area contributed by atoms with Gasteiger partial charge in [-0.3, -0.25) is 4.79 Å². The van der Waals surface area contributed by atoms with Crippen LogP contribution in [0.3, 0.4) is 0 Å². The fraction of sp³-hybridized carbons (Fsp3) is 0.938. The number of hydrogen-bond donors (Lipinski definition) is 1. The molecule has 1 N–H and O–H groups in total. The van der Waals surface area contributed by atoms with E-state index in [1.807, 2.05) is 0 Å². The van der Waals surface area contributed by atoms with Crippen LogP contribution in [-0.2, 0) is 14.3 Å². The molecule has 2 atom stereocenters. The Bertz CT molecular complexity index is 459. The molecule has 0 amide bonds. The van der Waals surface area contributed by atoms with E-state index >= 15 is 0 Å². The lowest BCUT2D eigenvalue weighted by Gasteiger charge is -2.45. The predicted molar refractivity (Wildman–Crippen MR) is 71.9 cm³/mol.